The molecule has 29 heavy (non-hydrogen) atoms. The molecule has 0 spiro atoms. The van der Waals surface area contributed by atoms with Gasteiger partial charge in [-0.3, -0.25) is 0 Å². The highest BCUT2D eigenvalue weighted by molar-refractivity contribution is 6.31. The normalized spacial score (nSPS) is 15.8. The highest BCUT2D eigenvalue weighted by atomic mass is 35.5. The van der Waals surface area contributed by atoms with Crippen LogP contribution in [0, 0.1) is 0 Å². The Hall–Kier alpha value is -2.73. The van der Waals surface area contributed by atoms with Crippen LogP contribution in [0.5, 0.6) is 0 Å². The van der Waals surface area contributed by atoms with Gasteiger partial charge in [-0.2, -0.15) is 13.2 Å². The summed E-state index contributed by atoms with van der Waals surface area (Å²) in [5.74, 6) is -0.803. The quantitative estimate of drug-likeness (QED) is 0.486. The van der Waals surface area contributed by atoms with E-state index in [1.165, 1.54) is 0 Å². The molecule has 3 aromatic rings. The Balaban J connectivity index is 1.51. The molecular weight excluding hydrogens is 405 g/mol. The van der Waals surface area contributed by atoms with E-state index < -0.39 is 17.7 Å². The molecule has 2 aromatic carbocycles. The van der Waals surface area contributed by atoms with Gasteiger partial charge in [0, 0.05) is 22.7 Å². The first-order valence-corrected chi connectivity index (χ1v) is 9.45. The van der Waals surface area contributed by atoms with Gasteiger partial charge in [0.05, 0.1) is 11.1 Å². The van der Waals surface area contributed by atoms with Gasteiger partial charge in [0.15, 0.2) is 0 Å². The van der Waals surface area contributed by atoms with E-state index in [9.17, 15) is 23.1 Å². The molecule has 1 aliphatic rings. The van der Waals surface area contributed by atoms with Crippen molar-refractivity contribution < 1.29 is 27.5 Å². The molecule has 7 heteroatoms. The third-order valence-corrected chi connectivity index (χ3v) is 5.35. The highest BCUT2D eigenvalue weighted by Crippen LogP contribution is 2.40. The number of benzene rings is 2. The highest BCUT2D eigenvalue weighted by Gasteiger charge is 2.34. The molecule has 0 saturated carbocycles. The monoisotopic (exact) mass is 420 g/mol. The Morgan fingerprint density at radius 1 is 1.17 bits per heavy atom. The Kier molecular flexibility index (Phi) is 4.90. The van der Waals surface area contributed by atoms with E-state index >= 15 is 0 Å². The molecular formula is C22H16ClF3O3. The number of aryl methyl sites for hydroxylation is 1. The molecule has 1 unspecified atom stereocenters. The first-order chi connectivity index (χ1) is 13.7. The summed E-state index contributed by atoms with van der Waals surface area (Å²) in [4.78, 5) is 11.6. The molecule has 1 aromatic heterocycles. The van der Waals surface area contributed by atoms with Crippen molar-refractivity contribution in [2.45, 2.75) is 31.4 Å². The number of carboxylic acids is 1. The molecule has 3 nitrogen and oxygen atoms in total. The fourth-order valence-corrected chi connectivity index (χ4v) is 3.99. The van der Waals surface area contributed by atoms with Crippen molar-refractivity contribution in [1.82, 2.24) is 0 Å². The number of halogens is 4. The molecule has 0 amide bonds. The largest absolute Gasteiger partial charge is 0.478 e. The average molecular weight is 421 g/mol. The van der Waals surface area contributed by atoms with Crippen molar-refractivity contribution in [2.24, 2.45) is 0 Å². The van der Waals surface area contributed by atoms with E-state index in [0.29, 0.717) is 35.4 Å². The zero-order chi connectivity index (χ0) is 20.8. The molecule has 0 aliphatic heterocycles. The van der Waals surface area contributed by atoms with Crippen molar-refractivity contribution in [3.8, 4) is 0 Å². The van der Waals surface area contributed by atoms with Crippen molar-refractivity contribution in [1.29, 1.82) is 0 Å². The number of furan rings is 1. The number of hydrogen-bond donors (Lipinski definition) is 1. The summed E-state index contributed by atoms with van der Waals surface area (Å²) in [5, 5.41) is 11.0. The number of alkyl halides is 3. The predicted octanol–water partition coefficient (Wildman–Crippen LogP) is 6.94. The van der Waals surface area contributed by atoms with Gasteiger partial charge >= 0.3 is 12.1 Å². The number of aromatic carboxylic acids is 1. The summed E-state index contributed by atoms with van der Waals surface area (Å²) in [7, 11) is 0. The minimum absolute atomic E-state index is 0.239. The summed E-state index contributed by atoms with van der Waals surface area (Å²) in [6.07, 6.45) is 0.694. The lowest BCUT2D eigenvalue weighted by Crippen LogP contribution is -2.12. The van der Waals surface area contributed by atoms with Crippen LogP contribution in [0.25, 0.3) is 17.0 Å². The number of allylic oxidation sites excluding steroid dienone is 1. The molecule has 4 rings (SSSR count). The Labute approximate surface area is 169 Å². The molecule has 1 aliphatic carbocycles. The smallest absolute Gasteiger partial charge is 0.416 e. The van der Waals surface area contributed by atoms with E-state index in [0.717, 1.165) is 28.9 Å². The summed E-state index contributed by atoms with van der Waals surface area (Å²) < 4.78 is 45.0. The number of fused-ring (bicyclic) bond motifs is 2. The van der Waals surface area contributed by atoms with Crippen LogP contribution in [0.3, 0.4) is 0 Å². The summed E-state index contributed by atoms with van der Waals surface area (Å²) in [5.41, 5.74) is 0.272. The molecule has 0 bridgehead atoms. The van der Waals surface area contributed by atoms with E-state index in [1.54, 1.807) is 24.3 Å². The lowest BCUT2D eigenvalue weighted by atomic mass is 9.89. The van der Waals surface area contributed by atoms with Crippen LogP contribution < -0.4 is 0 Å². The van der Waals surface area contributed by atoms with Gasteiger partial charge in [-0.25, -0.2) is 4.79 Å². The zero-order valence-electron chi connectivity index (χ0n) is 15.1. The number of rotatable bonds is 5. The maximum absolute atomic E-state index is 13.1. The lowest BCUT2D eigenvalue weighted by Gasteiger charge is -2.16. The molecule has 0 saturated heterocycles. The van der Waals surface area contributed by atoms with Gasteiger partial charge in [-0.05, 0) is 60.4 Å². The van der Waals surface area contributed by atoms with Crippen molar-refractivity contribution >= 4 is 34.6 Å². The molecule has 1 heterocycles. The standard InChI is InChI=1S/C22H16ClF3O3/c23-16-6-7-19-14(9-16)10-17(29-19)3-1-2-12-4-5-13-8-15(22(24,25)26)11-18(20(12)13)21(27)28/h4-12H,1-3H2,(H,27,28). The zero-order valence-corrected chi connectivity index (χ0v) is 15.8. The van der Waals surface area contributed by atoms with Crippen LogP contribution >= 0.6 is 11.6 Å². The predicted molar refractivity (Wildman–Crippen MR) is 104 cm³/mol. The Bertz CT molecular complexity index is 1130. The third kappa shape index (κ3) is 3.90. The van der Waals surface area contributed by atoms with Gasteiger partial charge in [-0.15, -0.1) is 0 Å². The van der Waals surface area contributed by atoms with Crippen molar-refractivity contribution in [3.05, 3.63) is 75.5 Å². The fourth-order valence-electron chi connectivity index (χ4n) is 3.81. The van der Waals surface area contributed by atoms with Crippen LogP contribution in [-0.2, 0) is 12.6 Å². The van der Waals surface area contributed by atoms with Gasteiger partial charge in [-0.1, -0.05) is 23.8 Å². The van der Waals surface area contributed by atoms with Crippen molar-refractivity contribution in [2.75, 3.05) is 0 Å². The maximum Gasteiger partial charge on any atom is 0.416 e. The summed E-state index contributed by atoms with van der Waals surface area (Å²) >= 11 is 5.98. The second-order valence-corrected chi connectivity index (χ2v) is 7.52. The van der Waals surface area contributed by atoms with Gasteiger partial charge in [0.1, 0.15) is 11.3 Å². The van der Waals surface area contributed by atoms with E-state index in [-0.39, 0.29) is 11.5 Å². The minimum Gasteiger partial charge on any atom is -0.478 e. The van der Waals surface area contributed by atoms with Crippen LogP contribution in [0.15, 0.2) is 46.9 Å². The number of carboxylic acid groups (broad SMARTS) is 1. The molecule has 1 atom stereocenters. The maximum atomic E-state index is 13.1. The lowest BCUT2D eigenvalue weighted by molar-refractivity contribution is -0.137. The number of hydrogen-bond acceptors (Lipinski definition) is 2. The van der Waals surface area contributed by atoms with Crippen LogP contribution in [0.4, 0.5) is 13.2 Å². The molecule has 0 fully saturated rings. The van der Waals surface area contributed by atoms with Gasteiger partial charge in [0.2, 0.25) is 0 Å². The summed E-state index contributed by atoms with van der Waals surface area (Å²) in [6, 6.07) is 9.02. The van der Waals surface area contributed by atoms with Crippen LogP contribution in [0.2, 0.25) is 5.02 Å². The number of carbonyl (C=O) groups is 1. The fraction of sp³-hybridized carbons (Fsp3) is 0.227. The van der Waals surface area contributed by atoms with Gasteiger partial charge < -0.3 is 9.52 Å². The third-order valence-electron chi connectivity index (χ3n) is 5.12. The van der Waals surface area contributed by atoms with Crippen LogP contribution in [0.1, 0.15) is 51.6 Å². The molecule has 1 N–H and O–H groups in total. The second kappa shape index (κ2) is 7.26. The molecule has 0 radical (unpaired) electrons. The Morgan fingerprint density at radius 2 is 1.97 bits per heavy atom. The SMILES string of the molecule is O=C(O)c1cc(C(F)(F)F)cc2c1C(CCCc1cc3cc(Cl)ccc3o1)C=C2. The van der Waals surface area contributed by atoms with E-state index in [1.807, 2.05) is 12.1 Å². The van der Waals surface area contributed by atoms with E-state index in [2.05, 4.69) is 0 Å². The minimum atomic E-state index is -4.59. The average Bonchev–Trinajstić information content (AvgIpc) is 3.23. The molecule has 150 valence electrons. The summed E-state index contributed by atoms with van der Waals surface area (Å²) in [6.45, 7) is 0. The Morgan fingerprint density at radius 3 is 2.69 bits per heavy atom. The topological polar surface area (TPSA) is 50.4 Å². The first kappa shape index (κ1) is 19.6. The van der Waals surface area contributed by atoms with Crippen molar-refractivity contribution in [3.63, 3.8) is 0 Å². The van der Waals surface area contributed by atoms with Gasteiger partial charge in [0.25, 0.3) is 0 Å². The first-order valence-electron chi connectivity index (χ1n) is 9.07. The van der Waals surface area contributed by atoms with E-state index in [4.69, 9.17) is 16.0 Å². The second-order valence-electron chi connectivity index (χ2n) is 7.08. The van der Waals surface area contributed by atoms with Crippen LogP contribution in [-0.4, -0.2) is 11.1 Å².